The van der Waals surface area contributed by atoms with Crippen molar-refractivity contribution in [3.8, 4) is 22.9 Å². The Labute approximate surface area is 179 Å². The number of rotatable bonds is 6. The van der Waals surface area contributed by atoms with E-state index in [-0.39, 0.29) is 11.2 Å². The molecule has 0 radical (unpaired) electrons. The van der Waals surface area contributed by atoms with Crippen LogP contribution in [-0.2, 0) is 4.79 Å². The number of thioether (sulfide) groups is 1. The van der Waals surface area contributed by atoms with Gasteiger partial charge in [-0.05, 0) is 78.0 Å². The summed E-state index contributed by atoms with van der Waals surface area (Å²) in [6.07, 6.45) is 3.20. The van der Waals surface area contributed by atoms with Crippen LogP contribution in [0.2, 0.25) is 0 Å². The summed E-state index contributed by atoms with van der Waals surface area (Å²) in [5, 5.41) is 3.19. The molecule has 1 aromatic carbocycles. The van der Waals surface area contributed by atoms with E-state index in [2.05, 4.69) is 37.9 Å². The number of halogens is 1. The van der Waals surface area contributed by atoms with E-state index in [9.17, 15) is 4.79 Å². The molecule has 3 aromatic heterocycles. The van der Waals surface area contributed by atoms with Crippen molar-refractivity contribution in [1.29, 1.82) is 0 Å². The molecule has 142 valence electrons. The maximum Gasteiger partial charge on any atom is 0.237 e. The summed E-state index contributed by atoms with van der Waals surface area (Å²) in [5.41, 5.74) is 2.13. The largest absolute Gasteiger partial charge is 0.463 e. The monoisotopic (exact) mass is 505 g/mol. The van der Waals surface area contributed by atoms with E-state index >= 15 is 0 Å². The fraction of sp³-hybridized carbons (Fsp3) is 0.100. The maximum absolute atomic E-state index is 12.5. The van der Waals surface area contributed by atoms with Crippen molar-refractivity contribution in [2.45, 2.75) is 17.3 Å². The first-order valence-electron chi connectivity index (χ1n) is 8.51. The van der Waals surface area contributed by atoms with E-state index in [1.165, 1.54) is 11.8 Å². The quantitative estimate of drug-likeness (QED) is 0.261. The fourth-order valence-corrected chi connectivity index (χ4v) is 3.76. The third-order valence-corrected chi connectivity index (χ3v) is 5.68. The summed E-state index contributed by atoms with van der Waals surface area (Å²) >= 11 is 3.57. The third kappa shape index (κ3) is 4.17. The van der Waals surface area contributed by atoms with Crippen LogP contribution in [0.3, 0.4) is 0 Å². The number of imidazole rings is 1. The number of aromatic amines is 1. The van der Waals surface area contributed by atoms with Crippen LogP contribution in [0, 0.1) is 3.57 Å². The molecule has 0 fully saturated rings. The van der Waals surface area contributed by atoms with Crippen LogP contribution >= 0.6 is 34.4 Å². The molecule has 0 saturated heterocycles. The van der Waals surface area contributed by atoms with Crippen molar-refractivity contribution in [3.63, 3.8) is 0 Å². The molecule has 8 heteroatoms. The zero-order valence-electron chi connectivity index (χ0n) is 14.8. The predicted octanol–water partition coefficient (Wildman–Crippen LogP) is 5.65. The summed E-state index contributed by atoms with van der Waals surface area (Å²) < 4.78 is 12.1. The van der Waals surface area contributed by atoms with E-state index < -0.39 is 0 Å². The van der Waals surface area contributed by atoms with Gasteiger partial charge in [-0.2, -0.15) is 0 Å². The lowest BCUT2D eigenvalue weighted by Crippen LogP contribution is -2.22. The van der Waals surface area contributed by atoms with Crippen molar-refractivity contribution in [3.05, 3.63) is 64.6 Å². The molecule has 6 nitrogen and oxygen atoms in total. The number of furan rings is 2. The van der Waals surface area contributed by atoms with Crippen molar-refractivity contribution in [2.24, 2.45) is 0 Å². The number of benzene rings is 1. The van der Waals surface area contributed by atoms with Crippen molar-refractivity contribution in [2.75, 3.05) is 5.32 Å². The lowest BCUT2D eigenvalue weighted by Gasteiger charge is -2.10. The second-order valence-corrected chi connectivity index (χ2v) is 8.55. The normalized spacial score (nSPS) is 12.1. The fourth-order valence-electron chi connectivity index (χ4n) is 2.60. The van der Waals surface area contributed by atoms with Gasteiger partial charge < -0.3 is 19.1 Å². The van der Waals surface area contributed by atoms with Crippen molar-refractivity contribution >= 4 is 45.9 Å². The predicted molar refractivity (Wildman–Crippen MR) is 117 cm³/mol. The molecule has 0 aliphatic carbocycles. The van der Waals surface area contributed by atoms with E-state index in [0.717, 1.165) is 9.26 Å². The smallest absolute Gasteiger partial charge is 0.237 e. The van der Waals surface area contributed by atoms with Gasteiger partial charge in [-0.1, -0.05) is 11.8 Å². The molecule has 1 amide bonds. The van der Waals surface area contributed by atoms with Crippen LogP contribution in [0.5, 0.6) is 0 Å². The molecule has 0 bridgehead atoms. The molecule has 0 spiro atoms. The highest BCUT2D eigenvalue weighted by Gasteiger charge is 2.22. The van der Waals surface area contributed by atoms with Crippen LogP contribution in [0.15, 0.2) is 75.0 Å². The molecule has 1 atom stereocenters. The maximum atomic E-state index is 12.5. The average Bonchev–Trinajstić information content (AvgIpc) is 3.44. The number of nitrogens with zero attached hydrogens (tertiary/aromatic N) is 1. The standard InChI is InChI=1S/C20H16IN3O3S/c1-12(19(25)22-14-8-6-13(21)7-9-14)28-20-23-17(15-4-2-10-26-15)18(24-20)16-5-3-11-27-16/h2-12H,1H3,(H,22,25)(H,23,24). The van der Waals surface area contributed by atoms with Crippen LogP contribution < -0.4 is 5.32 Å². The lowest BCUT2D eigenvalue weighted by molar-refractivity contribution is -0.115. The molecule has 4 aromatic rings. The zero-order chi connectivity index (χ0) is 19.5. The number of nitrogens with one attached hydrogen (secondary N) is 2. The highest BCUT2D eigenvalue weighted by atomic mass is 127. The Morgan fingerprint density at radius 2 is 1.79 bits per heavy atom. The first kappa shape index (κ1) is 18.9. The Bertz CT molecular complexity index is 1010. The second kappa shape index (κ2) is 8.27. The van der Waals surface area contributed by atoms with E-state index in [4.69, 9.17) is 8.83 Å². The lowest BCUT2D eigenvalue weighted by atomic mass is 10.2. The van der Waals surface area contributed by atoms with E-state index in [0.29, 0.717) is 28.1 Å². The Balaban J connectivity index is 1.53. The summed E-state index contributed by atoms with van der Waals surface area (Å²) in [4.78, 5) is 20.4. The minimum atomic E-state index is -0.348. The molecule has 4 rings (SSSR count). The van der Waals surface area contributed by atoms with Gasteiger partial charge in [0.05, 0.1) is 17.8 Å². The molecule has 0 saturated carbocycles. The molecule has 0 aliphatic rings. The molecular weight excluding hydrogens is 489 g/mol. The number of anilines is 1. The highest BCUT2D eigenvalue weighted by molar-refractivity contribution is 14.1. The van der Waals surface area contributed by atoms with Gasteiger partial charge in [-0.3, -0.25) is 4.79 Å². The molecule has 28 heavy (non-hydrogen) atoms. The topological polar surface area (TPSA) is 84.1 Å². The molecular formula is C20H16IN3O3S. The summed E-state index contributed by atoms with van der Waals surface area (Å²) in [6, 6.07) is 15.0. The molecule has 0 aliphatic heterocycles. The first-order valence-corrected chi connectivity index (χ1v) is 10.5. The van der Waals surface area contributed by atoms with E-state index in [1.807, 2.05) is 49.4 Å². The summed E-state index contributed by atoms with van der Waals surface area (Å²) in [5.74, 6) is 1.19. The number of carbonyl (C=O) groups is 1. The minimum absolute atomic E-state index is 0.0956. The van der Waals surface area contributed by atoms with Crippen LogP contribution in [0.1, 0.15) is 6.92 Å². The van der Waals surface area contributed by atoms with Crippen molar-refractivity contribution < 1.29 is 13.6 Å². The highest BCUT2D eigenvalue weighted by Crippen LogP contribution is 2.34. The van der Waals surface area contributed by atoms with Gasteiger partial charge in [0.2, 0.25) is 5.91 Å². The Kier molecular flexibility index (Phi) is 5.58. The Morgan fingerprint density at radius 3 is 2.43 bits per heavy atom. The van der Waals surface area contributed by atoms with Crippen LogP contribution in [-0.4, -0.2) is 21.1 Å². The van der Waals surface area contributed by atoms with Crippen molar-refractivity contribution in [1.82, 2.24) is 9.97 Å². The van der Waals surface area contributed by atoms with Gasteiger partial charge >= 0.3 is 0 Å². The van der Waals surface area contributed by atoms with Gasteiger partial charge in [0.1, 0.15) is 11.4 Å². The van der Waals surface area contributed by atoms with E-state index in [1.54, 1.807) is 18.6 Å². The number of hydrogen-bond donors (Lipinski definition) is 2. The van der Waals surface area contributed by atoms with Crippen LogP contribution in [0.25, 0.3) is 22.9 Å². The molecule has 3 heterocycles. The zero-order valence-corrected chi connectivity index (χ0v) is 17.8. The molecule has 1 unspecified atom stereocenters. The van der Waals surface area contributed by atoms with Crippen LogP contribution in [0.4, 0.5) is 5.69 Å². The number of aromatic nitrogens is 2. The Hall–Kier alpha value is -2.46. The second-order valence-electron chi connectivity index (χ2n) is 5.98. The number of carbonyl (C=O) groups excluding carboxylic acids is 1. The summed E-state index contributed by atoms with van der Waals surface area (Å²) in [6.45, 7) is 1.84. The average molecular weight is 505 g/mol. The Morgan fingerprint density at radius 1 is 1.11 bits per heavy atom. The third-order valence-electron chi connectivity index (χ3n) is 3.97. The molecule has 2 N–H and O–H groups in total. The summed E-state index contributed by atoms with van der Waals surface area (Å²) in [7, 11) is 0. The van der Waals surface area contributed by atoms with Gasteiger partial charge in [-0.25, -0.2) is 4.98 Å². The van der Waals surface area contributed by atoms with Gasteiger partial charge in [-0.15, -0.1) is 0 Å². The van der Waals surface area contributed by atoms with Gasteiger partial charge in [0.25, 0.3) is 0 Å². The number of hydrogen-bond acceptors (Lipinski definition) is 5. The van der Waals surface area contributed by atoms with Gasteiger partial charge in [0.15, 0.2) is 16.7 Å². The number of H-pyrrole nitrogens is 1. The minimum Gasteiger partial charge on any atom is -0.463 e. The first-order chi connectivity index (χ1) is 13.6. The van der Waals surface area contributed by atoms with Gasteiger partial charge in [0, 0.05) is 9.26 Å². The number of amides is 1. The SMILES string of the molecule is CC(Sc1nc(-c2ccco2)c(-c2ccco2)[nH]1)C(=O)Nc1ccc(I)cc1.